The summed E-state index contributed by atoms with van der Waals surface area (Å²) in [6.07, 6.45) is 1.75. The minimum Gasteiger partial charge on any atom is -0.492 e. The lowest BCUT2D eigenvalue weighted by Gasteiger charge is -2.06. The molecule has 0 heterocycles. The normalized spacial score (nSPS) is 10.6. The topological polar surface area (TPSA) is 73.9 Å². The summed E-state index contributed by atoms with van der Waals surface area (Å²) >= 11 is 0. The third-order valence-corrected chi connectivity index (χ3v) is 2.78. The number of para-hydroxylation sites is 2. The van der Waals surface area contributed by atoms with Gasteiger partial charge in [-0.1, -0.05) is 12.1 Å². The highest BCUT2D eigenvalue weighted by Crippen LogP contribution is 2.26. The van der Waals surface area contributed by atoms with E-state index >= 15 is 0 Å². The monoisotopic (exact) mass is 298 g/mol. The molecule has 5 nitrogen and oxygen atoms in total. The van der Waals surface area contributed by atoms with Crippen LogP contribution < -0.4 is 15.2 Å². The van der Waals surface area contributed by atoms with Crippen molar-refractivity contribution in [1.82, 2.24) is 0 Å². The Bertz CT molecular complexity index is 651. The Morgan fingerprint density at radius 1 is 1.14 bits per heavy atom. The highest BCUT2D eigenvalue weighted by molar-refractivity contribution is 5.83. The van der Waals surface area contributed by atoms with E-state index in [0.717, 1.165) is 17.0 Å². The number of rotatable bonds is 7. The molecule has 0 saturated heterocycles. The van der Waals surface area contributed by atoms with Crippen LogP contribution in [0.2, 0.25) is 0 Å². The van der Waals surface area contributed by atoms with Crippen LogP contribution in [0.4, 0.5) is 5.69 Å². The van der Waals surface area contributed by atoms with Gasteiger partial charge in [-0.2, -0.15) is 0 Å². The van der Waals surface area contributed by atoms with Crippen LogP contribution in [-0.2, 0) is 4.79 Å². The standard InChI is InChI=1S/C17H18N2O3/c1-2-21-16-6-4-3-5-15(16)19-11-13-7-9-14(10-8-13)22-12-17(18)20/h3-11H,2,12H2,1H3,(H2,18,20). The molecule has 0 fully saturated rings. The fourth-order valence-corrected chi connectivity index (χ4v) is 1.79. The van der Waals surface area contributed by atoms with Crippen LogP contribution in [0.25, 0.3) is 0 Å². The molecule has 2 aromatic rings. The Morgan fingerprint density at radius 3 is 2.55 bits per heavy atom. The Kier molecular flexibility index (Phi) is 5.54. The number of ether oxygens (including phenoxy) is 2. The average Bonchev–Trinajstić information content (AvgIpc) is 2.53. The zero-order chi connectivity index (χ0) is 15.8. The molecule has 0 saturated carbocycles. The Morgan fingerprint density at radius 2 is 1.86 bits per heavy atom. The number of carbonyl (C=O) groups is 1. The Balaban J connectivity index is 2.05. The van der Waals surface area contributed by atoms with Gasteiger partial charge in [0, 0.05) is 6.21 Å². The van der Waals surface area contributed by atoms with Crippen LogP contribution in [0.5, 0.6) is 11.5 Å². The summed E-state index contributed by atoms with van der Waals surface area (Å²) in [4.78, 5) is 15.1. The molecule has 5 heteroatoms. The van der Waals surface area contributed by atoms with Crippen molar-refractivity contribution in [2.45, 2.75) is 6.92 Å². The first kappa shape index (κ1) is 15.6. The third kappa shape index (κ3) is 4.63. The zero-order valence-corrected chi connectivity index (χ0v) is 12.4. The van der Waals surface area contributed by atoms with Crippen molar-refractivity contribution in [2.24, 2.45) is 10.7 Å². The molecule has 0 spiro atoms. The van der Waals surface area contributed by atoms with Gasteiger partial charge in [-0.3, -0.25) is 9.79 Å². The summed E-state index contributed by atoms with van der Waals surface area (Å²) in [6.45, 7) is 2.40. The van der Waals surface area contributed by atoms with E-state index in [1.54, 1.807) is 18.3 Å². The zero-order valence-electron chi connectivity index (χ0n) is 12.4. The van der Waals surface area contributed by atoms with Gasteiger partial charge >= 0.3 is 0 Å². The van der Waals surface area contributed by atoms with E-state index in [1.165, 1.54) is 0 Å². The van der Waals surface area contributed by atoms with E-state index in [2.05, 4.69) is 4.99 Å². The van der Waals surface area contributed by atoms with E-state index in [1.807, 2.05) is 43.3 Å². The number of hydrogen-bond acceptors (Lipinski definition) is 4. The molecule has 0 atom stereocenters. The first-order valence-corrected chi connectivity index (χ1v) is 6.96. The third-order valence-electron chi connectivity index (χ3n) is 2.78. The van der Waals surface area contributed by atoms with Crippen LogP contribution in [-0.4, -0.2) is 25.3 Å². The Hall–Kier alpha value is -2.82. The molecular weight excluding hydrogens is 280 g/mol. The van der Waals surface area contributed by atoms with Crippen LogP contribution >= 0.6 is 0 Å². The summed E-state index contributed by atoms with van der Waals surface area (Å²) < 4.78 is 10.7. The number of nitrogens with zero attached hydrogens (tertiary/aromatic N) is 1. The molecule has 0 aliphatic rings. The number of primary amides is 1. The largest absolute Gasteiger partial charge is 0.492 e. The maximum Gasteiger partial charge on any atom is 0.255 e. The molecule has 2 N–H and O–H groups in total. The lowest BCUT2D eigenvalue weighted by Crippen LogP contribution is -2.19. The van der Waals surface area contributed by atoms with E-state index in [0.29, 0.717) is 12.4 Å². The number of benzene rings is 2. The van der Waals surface area contributed by atoms with Gasteiger partial charge in [0.25, 0.3) is 5.91 Å². The van der Waals surface area contributed by atoms with Crippen molar-refractivity contribution in [3.63, 3.8) is 0 Å². The van der Waals surface area contributed by atoms with Crippen molar-refractivity contribution < 1.29 is 14.3 Å². The number of carbonyl (C=O) groups excluding carboxylic acids is 1. The summed E-state index contributed by atoms with van der Waals surface area (Å²) in [5.74, 6) is 0.839. The van der Waals surface area contributed by atoms with Crippen LogP contribution in [0.15, 0.2) is 53.5 Å². The lowest BCUT2D eigenvalue weighted by molar-refractivity contribution is -0.119. The predicted octanol–water partition coefficient (Wildman–Crippen LogP) is 2.70. The second kappa shape index (κ2) is 7.83. The van der Waals surface area contributed by atoms with E-state index < -0.39 is 5.91 Å². The highest BCUT2D eigenvalue weighted by Gasteiger charge is 2.00. The summed E-state index contributed by atoms with van der Waals surface area (Å²) in [6, 6.07) is 14.8. The predicted molar refractivity (Wildman–Crippen MR) is 86.0 cm³/mol. The molecule has 0 aromatic heterocycles. The van der Waals surface area contributed by atoms with Gasteiger partial charge in [-0.25, -0.2) is 0 Å². The van der Waals surface area contributed by atoms with E-state index in [-0.39, 0.29) is 6.61 Å². The second-order valence-electron chi connectivity index (χ2n) is 4.48. The SMILES string of the molecule is CCOc1ccccc1N=Cc1ccc(OCC(N)=O)cc1. The molecule has 1 amide bonds. The number of aliphatic imine (C=N–C) groups is 1. The molecule has 0 unspecified atom stereocenters. The summed E-state index contributed by atoms with van der Waals surface area (Å²) in [5.41, 5.74) is 6.71. The van der Waals surface area contributed by atoms with Gasteiger partial charge in [0.05, 0.1) is 6.61 Å². The van der Waals surface area contributed by atoms with Gasteiger partial charge in [-0.05, 0) is 48.9 Å². The smallest absolute Gasteiger partial charge is 0.255 e. The van der Waals surface area contributed by atoms with Crippen molar-refractivity contribution >= 4 is 17.8 Å². The van der Waals surface area contributed by atoms with Crippen molar-refractivity contribution in [3.05, 3.63) is 54.1 Å². The van der Waals surface area contributed by atoms with E-state index in [9.17, 15) is 4.79 Å². The number of nitrogens with two attached hydrogens (primary N) is 1. The van der Waals surface area contributed by atoms with Crippen molar-refractivity contribution in [1.29, 1.82) is 0 Å². The first-order chi connectivity index (χ1) is 10.7. The minimum absolute atomic E-state index is 0.130. The minimum atomic E-state index is -0.502. The summed E-state index contributed by atoms with van der Waals surface area (Å²) in [7, 11) is 0. The summed E-state index contributed by atoms with van der Waals surface area (Å²) in [5, 5.41) is 0. The van der Waals surface area contributed by atoms with Crippen LogP contribution in [0.3, 0.4) is 0 Å². The molecule has 114 valence electrons. The fourth-order valence-electron chi connectivity index (χ4n) is 1.79. The molecular formula is C17H18N2O3. The lowest BCUT2D eigenvalue weighted by atomic mass is 10.2. The molecule has 0 aliphatic carbocycles. The quantitative estimate of drug-likeness (QED) is 0.799. The van der Waals surface area contributed by atoms with Crippen LogP contribution in [0, 0.1) is 0 Å². The molecule has 0 bridgehead atoms. The van der Waals surface area contributed by atoms with Crippen molar-refractivity contribution in [2.75, 3.05) is 13.2 Å². The molecule has 0 aliphatic heterocycles. The average molecular weight is 298 g/mol. The maximum atomic E-state index is 10.6. The molecule has 22 heavy (non-hydrogen) atoms. The van der Waals surface area contributed by atoms with E-state index in [4.69, 9.17) is 15.2 Å². The van der Waals surface area contributed by atoms with Gasteiger partial charge in [0.2, 0.25) is 0 Å². The Labute approximate surface area is 129 Å². The van der Waals surface area contributed by atoms with Gasteiger partial charge in [-0.15, -0.1) is 0 Å². The number of hydrogen-bond donors (Lipinski definition) is 1. The molecule has 0 radical (unpaired) electrons. The molecule has 2 aromatic carbocycles. The van der Waals surface area contributed by atoms with Gasteiger partial charge < -0.3 is 15.2 Å². The maximum absolute atomic E-state index is 10.6. The first-order valence-electron chi connectivity index (χ1n) is 6.96. The van der Waals surface area contributed by atoms with Crippen LogP contribution in [0.1, 0.15) is 12.5 Å². The van der Waals surface area contributed by atoms with Crippen molar-refractivity contribution in [3.8, 4) is 11.5 Å². The fraction of sp³-hybridized carbons (Fsp3) is 0.176. The molecule has 2 rings (SSSR count). The van der Waals surface area contributed by atoms with Gasteiger partial charge in [0.1, 0.15) is 17.2 Å². The highest BCUT2D eigenvalue weighted by atomic mass is 16.5. The van der Waals surface area contributed by atoms with Gasteiger partial charge in [0.15, 0.2) is 6.61 Å². The number of amides is 1. The second-order valence-corrected chi connectivity index (χ2v) is 4.48.